The summed E-state index contributed by atoms with van der Waals surface area (Å²) in [5, 5.41) is 9.16. The molecule has 3 N–H and O–H groups in total. The molecule has 0 aromatic carbocycles. The van der Waals surface area contributed by atoms with Crippen LogP contribution in [0.25, 0.3) is 0 Å². The molecule has 2 atom stereocenters. The van der Waals surface area contributed by atoms with Gasteiger partial charge in [-0.2, -0.15) is 0 Å². The van der Waals surface area contributed by atoms with Gasteiger partial charge in [0, 0.05) is 18.6 Å². The van der Waals surface area contributed by atoms with E-state index in [9.17, 15) is 4.79 Å². The van der Waals surface area contributed by atoms with Gasteiger partial charge >= 0.3 is 6.03 Å². The smallest absolute Gasteiger partial charge is 0.315 e. The average molecular weight is 213 g/mol. The number of hydrogen-bond acceptors (Lipinski definition) is 2. The van der Waals surface area contributed by atoms with E-state index in [4.69, 9.17) is 0 Å². The van der Waals surface area contributed by atoms with E-state index >= 15 is 0 Å². The number of carbonyl (C=O) groups is 1. The molecule has 0 spiro atoms. The Morgan fingerprint density at radius 3 is 2.87 bits per heavy atom. The lowest BCUT2D eigenvalue weighted by molar-refractivity contribution is 0.231. The molecule has 2 amide bonds. The van der Waals surface area contributed by atoms with Crippen molar-refractivity contribution < 1.29 is 4.79 Å². The van der Waals surface area contributed by atoms with Gasteiger partial charge in [-0.3, -0.25) is 0 Å². The van der Waals surface area contributed by atoms with Gasteiger partial charge in [-0.1, -0.05) is 6.92 Å². The first-order valence-electron chi connectivity index (χ1n) is 5.87. The summed E-state index contributed by atoms with van der Waals surface area (Å²) in [5.41, 5.74) is 0. The molecule has 4 heteroatoms. The van der Waals surface area contributed by atoms with Gasteiger partial charge in [-0.25, -0.2) is 4.79 Å². The van der Waals surface area contributed by atoms with Crippen LogP contribution in [-0.4, -0.2) is 31.2 Å². The SMILES string of the molecule is CC(C)NC(=O)NCC1NCCCC1C. The first-order valence-corrected chi connectivity index (χ1v) is 5.87. The normalized spacial score (nSPS) is 26.4. The van der Waals surface area contributed by atoms with Gasteiger partial charge < -0.3 is 16.0 Å². The highest BCUT2D eigenvalue weighted by Gasteiger charge is 2.20. The fraction of sp³-hybridized carbons (Fsp3) is 0.909. The summed E-state index contributed by atoms with van der Waals surface area (Å²) < 4.78 is 0. The molecular formula is C11H23N3O. The van der Waals surface area contributed by atoms with Crippen LogP contribution in [-0.2, 0) is 0 Å². The first kappa shape index (κ1) is 12.3. The lowest BCUT2D eigenvalue weighted by Crippen LogP contribution is -2.50. The summed E-state index contributed by atoms with van der Waals surface area (Å²) in [5.74, 6) is 0.651. The van der Waals surface area contributed by atoms with E-state index in [1.165, 1.54) is 12.8 Å². The summed E-state index contributed by atoms with van der Waals surface area (Å²) in [6.45, 7) is 7.95. The predicted molar refractivity (Wildman–Crippen MR) is 61.9 cm³/mol. The summed E-state index contributed by atoms with van der Waals surface area (Å²) in [4.78, 5) is 11.4. The highest BCUT2D eigenvalue weighted by Crippen LogP contribution is 2.14. The molecular weight excluding hydrogens is 190 g/mol. The van der Waals surface area contributed by atoms with Crippen molar-refractivity contribution in [3.05, 3.63) is 0 Å². The van der Waals surface area contributed by atoms with Gasteiger partial charge in [0.05, 0.1) is 0 Å². The molecule has 4 nitrogen and oxygen atoms in total. The summed E-state index contributed by atoms with van der Waals surface area (Å²) in [7, 11) is 0. The fourth-order valence-electron chi connectivity index (χ4n) is 1.90. The van der Waals surface area contributed by atoms with Crippen LogP contribution in [0.4, 0.5) is 4.79 Å². The minimum atomic E-state index is -0.0652. The van der Waals surface area contributed by atoms with E-state index in [1.54, 1.807) is 0 Å². The number of carbonyl (C=O) groups excluding carboxylic acids is 1. The van der Waals surface area contributed by atoms with E-state index in [2.05, 4.69) is 22.9 Å². The molecule has 15 heavy (non-hydrogen) atoms. The molecule has 0 aromatic heterocycles. The molecule has 0 bridgehead atoms. The Morgan fingerprint density at radius 2 is 2.27 bits per heavy atom. The van der Waals surface area contributed by atoms with Gasteiger partial charge in [0.1, 0.15) is 0 Å². The maximum absolute atomic E-state index is 11.4. The van der Waals surface area contributed by atoms with Crippen molar-refractivity contribution in [3.8, 4) is 0 Å². The van der Waals surface area contributed by atoms with E-state index in [0.29, 0.717) is 12.0 Å². The zero-order chi connectivity index (χ0) is 11.3. The lowest BCUT2D eigenvalue weighted by Gasteiger charge is -2.30. The Labute approximate surface area is 92.2 Å². The zero-order valence-electron chi connectivity index (χ0n) is 9.97. The van der Waals surface area contributed by atoms with Gasteiger partial charge in [0.2, 0.25) is 0 Å². The highest BCUT2D eigenvalue weighted by atomic mass is 16.2. The summed E-state index contributed by atoms with van der Waals surface area (Å²) in [6, 6.07) is 0.558. The van der Waals surface area contributed by atoms with Crippen molar-refractivity contribution in [2.75, 3.05) is 13.1 Å². The maximum atomic E-state index is 11.4. The Morgan fingerprint density at radius 1 is 1.53 bits per heavy atom. The van der Waals surface area contributed by atoms with Crippen molar-refractivity contribution in [1.29, 1.82) is 0 Å². The second-order valence-corrected chi connectivity index (χ2v) is 4.69. The number of hydrogen-bond donors (Lipinski definition) is 3. The number of urea groups is 1. The van der Waals surface area contributed by atoms with E-state index in [1.807, 2.05) is 13.8 Å². The summed E-state index contributed by atoms with van der Waals surface area (Å²) in [6.07, 6.45) is 2.50. The second kappa shape index (κ2) is 5.95. The van der Waals surface area contributed by atoms with Gasteiger partial charge in [0.25, 0.3) is 0 Å². The minimum absolute atomic E-state index is 0.0652. The van der Waals surface area contributed by atoms with Crippen LogP contribution in [0.1, 0.15) is 33.6 Å². The molecule has 0 aliphatic carbocycles. The molecule has 2 unspecified atom stereocenters. The van der Waals surface area contributed by atoms with Crippen molar-refractivity contribution in [1.82, 2.24) is 16.0 Å². The number of amides is 2. The van der Waals surface area contributed by atoms with E-state index in [-0.39, 0.29) is 12.1 Å². The number of piperidine rings is 1. The molecule has 0 saturated carbocycles. The molecule has 1 saturated heterocycles. The third-order valence-corrected chi connectivity index (χ3v) is 2.83. The molecule has 0 radical (unpaired) electrons. The zero-order valence-corrected chi connectivity index (χ0v) is 9.97. The molecule has 1 rings (SSSR count). The molecule has 88 valence electrons. The van der Waals surface area contributed by atoms with Gasteiger partial charge in [-0.05, 0) is 39.2 Å². The van der Waals surface area contributed by atoms with Crippen molar-refractivity contribution in [3.63, 3.8) is 0 Å². The second-order valence-electron chi connectivity index (χ2n) is 4.69. The van der Waals surface area contributed by atoms with Crippen LogP contribution >= 0.6 is 0 Å². The molecule has 1 fully saturated rings. The lowest BCUT2D eigenvalue weighted by atomic mass is 9.93. The first-order chi connectivity index (χ1) is 7.09. The Balaban J connectivity index is 2.20. The monoisotopic (exact) mass is 213 g/mol. The predicted octanol–water partition coefficient (Wildman–Crippen LogP) is 1.08. The minimum Gasteiger partial charge on any atom is -0.337 e. The van der Waals surface area contributed by atoms with Gasteiger partial charge in [0.15, 0.2) is 0 Å². The third-order valence-electron chi connectivity index (χ3n) is 2.83. The van der Waals surface area contributed by atoms with E-state index in [0.717, 1.165) is 13.1 Å². The number of rotatable bonds is 3. The van der Waals surface area contributed by atoms with Crippen molar-refractivity contribution in [2.45, 2.75) is 45.7 Å². The largest absolute Gasteiger partial charge is 0.337 e. The quantitative estimate of drug-likeness (QED) is 0.657. The van der Waals surface area contributed by atoms with Crippen LogP contribution in [0, 0.1) is 5.92 Å². The van der Waals surface area contributed by atoms with E-state index < -0.39 is 0 Å². The Kier molecular flexibility index (Phi) is 4.88. The van der Waals surface area contributed by atoms with Gasteiger partial charge in [-0.15, -0.1) is 0 Å². The van der Waals surface area contributed by atoms with Crippen LogP contribution in [0.15, 0.2) is 0 Å². The van der Waals surface area contributed by atoms with Crippen LogP contribution in [0.2, 0.25) is 0 Å². The highest BCUT2D eigenvalue weighted by molar-refractivity contribution is 5.74. The molecule has 1 aliphatic rings. The average Bonchev–Trinajstić information content (AvgIpc) is 2.15. The molecule has 1 heterocycles. The molecule has 1 aliphatic heterocycles. The molecule has 0 aromatic rings. The summed E-state index contributed by atoms with van der Waals surface area (Å²) >= 11 is 0. The van der Waals surface area contributed by atoms with Crippen LogP contribution < -0.4 is 16.0 Å². The standard InChI is InChI=1S/C11H23N3O/c1-8(2)14-11(15)13-7-10-9(3)5-4-6-12-10/h8-10,12H,4-7H2,1-3H3,(H2,13,14,15). The third kappa shape index (κ3) is 4.51. The topological polar surface area (TPSA) is 53.2 Å². The Hall–Kier alpha value is -0.770. The maximum Gasteiger partial charge on any atom is 0.315 e. The fourth-order valence-corrected chi connectivity index (χ4v) is 1.90. The number of nitrogens with one attached hydrogen (secondary N) is 3. The van der Waals surface area contributed by atoms with Crippen LogP contribution in [0.5, 0.6) is 0 Å². The van der Waals surface area contributed by atoms with Crippen molar-refractivity contribution in [2.24, 2.45) is 5.92 Å². The van der Waals surface area contributed by atoms with Crippen LogP contribution in [0.3, 0.4) is 0 Å². The van der Waals surface area contributed by atoms with Crippen molar-refractivity contribution >= 4 is 6.03 Å². The Bertz CT molecular complexity index is 206.